The van der Waals surface area contributed by atoms with Crippen molar-refractivity contribution in [2.45, 2.75) is 25.3 Å². The van der Waals surface area contributed by atoms with E-state index in [9.17, 15) is 0 Å². The Labute approximate surface area is 93.7 Å². The number of hydrogen-bond donors (Lipinski definition) is 1. The molecular formula is C12H13N3O. The summed E-state index contributed by atoms with van der Waals surface area (Å²) in [6.07, 6.45) is 3.10. The fourth-order valence-corrected chi connectivity index (χ4v) is 1.56. The van der Waals surface area contributed by atoms with Crippen molar-refractivity contribution in [1.82, 2.24) is 10.2 Å². The Morgan fingerprint density at radius 1 is 1.19 bits per heavy atom. The summed E-state index contributed by atoms with van der Waals surface area (Å²) in [5.41, 5.74) is 1.18. The molecule has 0 spiro atoms. The SMILES string of the molecule is c1ccc(Cc2nnc(NC3CC3)o2)cc1. The maximum Gasteiger partial charge on any atom is 0.315 e. The second kappa shape index (κ2) is 3.96. The van der Waals surface area contributed by atoms with Crippen molar-refractivity contribution in [2.24, 2.45) is 0 Å². The minimum Gasteiger partial charge on any atom is -0.408 e. The first-order chi connectivity index (χ1) is 7.90. The lowest BCUT2D eigenvalue weighted by molar-refractivity contribution is 0.516. The molecule has 0 unspecified atom stereocenters. The largest absolute Gasteiger partial charge is 0.408 e. The van der Waals surface area contributed by atoms with Gasteiger partial charge in [-0.15, -0.1) is 5.10 Å². The number of rotatable bonds is 4. The zero-order valence-corrected chi connectivity index (χ0v) is 8.89. The third kappa shape index (κ3) is 2.21. The Kier molecular flexibility index (Phi) is 2.33. The molecule has 0 amide bonds. The molecule has 1 aromatic heterocycles. The number of nitrogens with one attached hydrogen (secondary N) is 1. The number of benzene rings is 1. The summed E-state index contributed by atoms with van der Waals surface area (Å²) in [5.74, 6) is 0.661. The number of aromatic nitrogens is 2. The molecular weight excluding hydrogens is 202 g/mol. The molecule has 1 aliphatic rings. The van der Waals surface area contributed by atoms with Crippen LogP contribution < -0.4 is 5.32 Å². The van der Waals surface area contributed by atoms with Gasteiger partial charge < -0.3 is 9.73 Å². The van der Waals surface area contributed by atoms with Crippen LogP contribution in [-0.4, -0.2) is 16.2 Å². The zero-order valence-electron chi connectivity index (χ0n) is 8.89. The second-order valence-electron chi connectivity index (χ2n) is 4.08. The molecule has 1 aromatic carbocycles. The number of anilines is 1. The van der Waals surface area contributed by atoms with E-state index < -0.39 is 0 Å². The number of nitrogens with zero attached hydrogens (tertiary/aromatic N) is 2. The van der Waals surface area contributed by atoms with Gasteiger partial charge in [0.05, 0.1) is 6.42 Å². The Bertz CT molecular complexity index is 462. The third-order valence-corrected chi connectivity index (χ3v) is 2.57. The van der Waals surface area contributed by atoms with Gasteiger partial charge in [-0.05, 0) is 18.4 Å². The normalized spacial score (nSPS) is 15.0. The highest BCUT2D eigenvalue weighted by Crippen LogP contribution is 2.24. The van der Waals surface area contributed by atoms with E-state index in [1.54, 1.807) is 0 Å². The highest BCUT2D eigenvalue weighted by molar-refractivity contribution is 5.24. The molecule has 0 radical (unpaired) electrons. The minimum atomic E-state index is 0.546. The summed E-state index contributed by atoms with van der Waals surface area (Å²) in [6.45, 7) is 0. The molecule has 2 aromatic rings. The van der Waals surface area contributed by atoms with Gasteiger partial charge in [0.15, 0.2) is 0 Å². The minimum absolute atomic E-state index is 0.546. The van der Waals surface area contributed by atoms with Crippen LogP contribution in [0, 0.1) is 0 Å². The van der Waals surface area contributed by atoms with Crippen molar-refractivity contribution in [2.75, 3.05) is 5.32 Å². The quantitative estimate of drug-likeness (QED) is 0.849. The Morgan fingerprint density at radius 3 is 2.75 bits per heavy atom. The predicted octanol–water partition coefficient (Wildman–Crippen LogP) is 2.23. The van der Waals surface area contributed by atoms with Crippen molar-refractivity contribution < 1.29 is 4.42 Å². The number of hydrogen-bond acceptors (Lipinski definition) is 4. The molecule has 1 N–H and O–H groups in total. The summed E-state index contributed by atoms with van der Waals surface area (Å²) in [5, 5.41) is 11.2. The molecule has 3 rings (SSSR count). The predicted molar refractivity (Wildman–Crippen MR) is 60.2 cm³/mol. The molecule has 1 heterocycles. The Hall–Kier alpha value is -1.84. The van der Waals surface area contributed by atoms with Crippen LogP contribution in [0.1, 0.15) is 24.3 Å². The van der Waals surface area contributed by atoms with Crippen molar-refractivity contribution in [1.29, 1.82) is 0 Å². The van der Waals surface area contributed by atoms with E-state index >= 15 is 0 Å². The molecule has 0 aliphatic heterocycles. The first-order valence-electron chi connectivity index (χ1n) is 5.53. The fourth-order valence-electron chi connectivity index (χ4n) is 1.56. The van der Waals surface area contributed by atoms with Gasteiger partial charge in [-0.25, -0.2) is 0 Å². The van der Waals surface area contributed by atoms with Crippen molar-refractivity contribution in [3.8, 4) is 0 Å². The van der Waals surface area contributed by atoms with Gasteiger partial charge in [-0.3, -0.25) is 0 Å². The highest BCUT2D eigenvalue weighted by atomic mass is 16.4. The van der Waals surface area contributed by atoms with Crippen LogP contribution in [0.2, 0.25) is 0 Å². The molecule has 82 valence electrons. The van der Waals surface area contributed by atoms with E-state index in [-0.39, 0.29) is 0 Å². The van der Waals surface area contributed by atoms with Crippen molar-refractivity contribution in [3.63, 3.8) is 0 Å². The molecule has 16 heavy (non-hydrogen) atoms. The lowest BCUT2D eigenvalue weighted by atomic mass is 10.2. The molecule has 4 nitrogen and oxygen atoms in total. The molecule has 0 saturated heterocycles. The monoisotopic (exact) mass is 215 g/mol. The van der Waals surface area contributed by atoms with Crippen LogP contribution in [0.3, 0.4) is 0 Å². The Morgan fingerprint density at radius 2 is 2.00 bits per heavy atom. The van der Waals surface area contributed by atoms with E-state index in [4.69, 9.17) is 4.42 Å². The molecule has 1 aliphatic carbocycles. The lowest BCUT2D eigenvalue weighted by Gasteiger charge is -1.96. The summed E-state index contributed by atoms with van der Waals surface area (Å²) in [6, 6.07) is 11.2. The molecule has 0 bridgehead atoms. The van der Waals surface area contributed by atoms with E-state index in [2.05, 4.69) is 27.6 Å². The molecule has 1 saturated carbocycles. The molecule has 1 fully saturated rings. The maximum absolute atomic E-state index is 5.51. The maximum atomic E-state index is 5.51. The average molecular weight is 215 g/mol. The van der Waals surface area contributed by atoms with Crippen LogP contribution in [0.15, 0.2) is 34.7 Å². The summed E-state index contributed by atoms with van der Waals surface area (Å²) < 4.78 is 5.51. The van der Waals surface area contributed by atoms with E-state index in [1.807, 2.05) is 18.2 Å². The zero-order chi connectivity index (χ0) is 10.8. The average Bonchev–Trinajstić information content (AvgIpc) is 3.01. The van der Waals surface area contributed by atoms with Gasteiger partial charge in [0.25, 0.3) is 0 Å². The van der Waals surface area contributed by atoms with Gasteiger partial charge in [0.1, 0.15) is 0 Å². The fraction of sp³-hybridized carbons (Fsp3) is 0.333. The van der Waals surface area contributed by atoms with Gasteiger partial charge in [-0.2, -0.15) is 0 Å². The first-order valence-corrected chi connectivity index (χ1v) is 5.53. The van der Waals surface area contributed by atoms with Crippen molar-refractivity contribution in [3.05, 3.63) is 41.8 Å². The standard InChI is InChI=1S/C12H13N3O/c1-2-4-9(5-3-1)8-11-14-15-12(16-11)13-10-6-7-10/h1-5,10H,6-8H2,(H,13,15). The third-order valence-electron chi connectivity index (χ3n) is 2.57. The van der Waals surface area contributed by atoms with Crippen LogP contribution >= 0.6 is 0 Å². The summed E-state index contributed by atoms with van der Waals surface area (Å²) >= 11 is 0. The van der Waals surface area contributed by atoms with E-state index in [0.29, 0.717) is 24.4 Å². The lowest BCUT2D eigenvalue weighted by Crippen LogP contribution is -2.00. The van der Waals surface area contributed by atoms with Gasteiger partial charge >= 0.3 is 6.01 Å². The highest BCUT2D eigenvalue weighted by Gasteiger charge is 2.23. The summed E-state index contributed by atoms with van der Waals surface area (Å²) in [7, 11) is 0. The van der Waals surface area contributed by atoms with Gasteiger partial charge in [-0.1, -0.05) is 35.4 Å². The van der Waals surface area contributed by atoms with Crippen LogP contribution in [0.5, 0.6) is 0 Å². The smallest absolute Gasteiger partial charge is 0.315 e. The topological polar surface area (TPSA) is 51.0 Å². The first kappa shape index (κ1) is 9.39. The van der Waals surface area contributed by atoms with Crippen LogP contribution in [-0.2, 0) is 6.42 Å². The summed E-state index contributed by atoms with van der Waals surface area (Å²) in [4.78, 5) is 0. The second-order valence-corrected chi connectivity index (χ2v) is 4.08. The Balaban J connectivity index is 1.67. The van der Waals surface area contributed by atoms with E-state index in [0.717, 1.165) is 0 Å². The molecule has 4 heteroatoms. The van der Waals surface area contributed by atoms with Crippen LogP contribution in [0.25, 0.3) is 0 Å². The van der Waals surface area contributed by atoms with Gasteiger partial charge in [0, 0.05) is 6.04 Å². The van der Waals surface area contributed by atoms with Gasteiger partial charge in [0.2, 0.25) is 5.89 Å². The van der Waals surface area contributed by atoms with E-state index in [1.165, 1.54) is 18.4 Å². The molecule has 0 atom stereocenters. The van der Waals surface area contributed by atoms with Crippen LogP contribution in [0.4, 0.5) is 6.01 Å². The van der Waals surface area contributed by atoms with Crippen molar-refractivity contribution >= 4 is 6.01 Å².